The van der Waals surface area contributed by atoms with Crippen molar-refractivity contribution in [2.75, 3.05) is 31.1 Å². The summed E-state index contributed by atoms with van der Waals surface area (Å²) >= 11 is 0. The van der Waals surface area contributed by atoms with Crippen LogP contribution in [0.2, 0.25) is 0 Å². The van der Waals surface area contributed by atoms with Crippen LogP contribution < -0.4 is 10.2 Å². The van der Waals surface area contributed by atoms with Gasteiger partial charge in [-0.05, 0) is 37.8 Å². The van der Waals surface area contributed by atoms with Gasteiger partial charge in [-0.2, -0.15) is 4.98 Å². The van der Waals surface area contributed by atoms with Crippen LogP contribution in [-0.2, 0) is 0 Å². The number of nitrogens with zero attached hydrogens (tertiary/aromatic N) is 5. The van der Waals surface area contributed by atoms with Gasteiger partial charge < -0.3 is 19.6 Å². The van der Waals surface area contributed by atoms with E-state index >= 15 is 0 Å². The van der Waals surface area contributed by atoms with E-state index in [1.165, 1.54) is 32.1 Å². The van der Waals surface area contributed by atoms with Gasteiger partial charge in [0, 0.05) is 49.9 Å². The smallest absolute Gasteiger partial charge is 0.317 e. The zero-order valence-corrected chi connectivity index (χ0v) is 18.1. The molecule has 2 aromatic heterocycles. The molecule has 1 N–H and O–H groups in total. The molecule has 5 rings (SSSR count). The third kappa shape index (κ3) is 4.67. The molecule has 0 unspecified atom stereocenters. The summed E-state index contributed by atoms with van der Waals surface area (Å²) in [6.07, 6.45) is 12.6. The first kappa shape index (κ1) is 20.3. The van der Waals surface area contributed by atoms with E-state index < -0.39 is 0 Å². The third-order valence-corrected chi connectivity index (χ3v) is 6.98. The number of anilines is 1. The van der Waals surface area contributed by atoms with E-state index in [1.54, 1.807) is 0 Å². The Morgan fingerprint density at radius 3 is 2.42 bits per heavy atom. The third-order valence-electron chi connectivity index (χ3n) is 6.98. The second kappa shape index (κ2) is 9.24. The molecule has 166 valence electrons. The van der Waals surface area contributed by atoms with E-state index in [2.05, 4.69) is 25.3 Å². The fraction of sp³-hybridized carbons (Fsp3) is 0.652. The van der Waals surface area contributed by atoms with Gasteiger partial charge in [0.25, 0.3) is 0 Å². The molecule has 2 amide bonds. The lowest BCUT2D eigenvalue weighted by molar-refractivity contribution is 0.186. The van der Waals surface area contributed by atoms with Crippen LogP contribution in [0.3, 0.4) is 0 Å². The summed E-state index contributed by atoms with van der Waals surface area (Å²) < 4.78 is 5.50. The molecule has 2 aliphatic carbocycles. The number of rotatable bonds is 4. The Hall–Kier alpha value is -2.64. The van der Waals surface area contributed by atoms with E-state index in [4.69, 9.17) is 4.52 Å². The zero-order valence-electron chi connectivity index (χ0n) is 18.1. The second-order valence-electron chi connectivity index (χ2n) is 9.10. The van der Waals surface area contributed by atoms with Crippen LogP contribution in [0.1, 0.15) is 69.6 Å². The molecule has 2 saturated carbocycles. The maximum atomic E-state index is 12.6. The molecule has 0 radical (unpaired) electrons. The standard InChI is InChI=1S/C23H32N6O2/c30-23(25-19-8-2-1-3-9-19)29-14-12-28(13-15-29)20-11-10-18(16-24-20)21-26-22(31-27-21)17-6-4-5-7-17/h10-11,16-17,19H,1-9,12-15H2,(H,25,30). The molecule has 1 saturated heterocycles. The van der Waals surface area contributed by atoms with Crippen LogP contribution in [0.15, 0.2) is 22.9 Å². The molecule has 0 aromatic carbocycles. The minimum absolute atomic E-state index is 0.0880. The van der Waals surface area contributed by atoms with Gasteiger partial charge in [0.1, 0.15) is 5.82 Å². The number of nitrogens with one attached hydrogen (secondary N) is 1. The number of carbonyl (C=O) groups is 1. The molecule has 3 fully saturated rings. The first-order valence-electron chi connectivity index (χ1n) is 11.9. The summed E-state index contributed by atoms with van der Waals surface area (Å²) in [5.74, 6) is 2.72. The van der Waals surface area contributed by atoms with Crippen molar-refractivity contribution in [1.82, 2.24) is 25.3 Å². The SMILES string of the molecule is O=C(NC1CCCCC1)N1CCN(c2ccc(-c3noc(C4CCCC4)n3)cn2)CC1. The Bertz CT molecular complexity index is 862. The molecular weight excluding hydrogens is 392 g/mol. The highest BCUT2D eigenvalue weighted by Gasteiger charge is 2.25. The van der Waals surface area contributed by atoms with E-state index in [0.717, 1.165) is 69.1 Å². The molecular formula is C23H32N6O2. The number of urea groups is 1. The fourth-order valence-electron chi connectivity index (χ4n) is 5.05. The second-order valence-corrected chi connectivity index (χ2v) is 9.10. The summed E-state index contributed by atoms with van der Waals surface area (Å²) in [5, 5.41) is 7.38. The average molecular weight is 425 g/mol. The van der Waals surface area contributed by atoms with Crippen LogP contribution in [0, 0.1) is 0 Å². The van der Waals surface area contributed by atoms with Crippen molar-refractivity contribution in [2.24, 2.45) is 0 Å². The van der Waals surface area contributed by atoms with Crippen molar-refractivity contribution in [3.63, 3.8) is 0 Å². The lowest BCUT2D eigenvalue weighted by Gasteiger charge is -2.36. The van der Waals surface area contributed by atoms with Gasteiger partial charge in [0.15, 0.2) is 0 Å². The van der Waals surface area contributed by atoms with Crippen molar-refractivity contribution in [1.29, 1.82) is 0 Å². The molecule has 0 atom stereocenters. The first-order valence-corrected chi connectivity index (χ1v) is 11.9. The Kier molecular flexibility index (Phi) is 6.04. The molecule has 31 heavy (non-hydrogen) atoms. The van der Waals surface area contributed by atoms with Gasteiger partial charge in [-0.25, -0.2) is 9.78 Å². The summed E-state index contributed by atoms with van der Waals surface area (Å²) in [7, 11) is 0. The summed E-state index contributed by atoms with van der Waals surface area (Å²) in [6.45, 7) is 3.02. The summed E-state index contributed by atoms with van der Waals surface area (Å²) in [4.78, 5) is 26.0. The summed E-state index contributed by atoms with van der Waals surface area (Å²) in [5.41, 5.74) is 0.877. The molecule has 8 nitrogen and oxygen atoms in total. The van der Waals surface area contributed by atoms with Crippen LogP contribution in [0.5, 0.6) is 0 Å². The quantitative estimate of drug-likeness (QED) is 0.800. The Labute approximate surface area is 183 Å². The number of hydrogen-bond acceptors (Lipinski definition) is 6. The zero-order chi connectivity index (χ0) is 21.0. The van der Waals surface area contributed by atoms with Crippen LogP contribution in [0.4, 0.5) is 10.6 Å². The maximum absolute atomic E-state index is 12.6. The molecule has 1 aliphatic heterocycles. The number of carbonyl (C=O) groups excluding carboxylic acids is 1. The Balaban J connectivity index is 1.14. The predicted octanol–water partition coefficient (Wildman–Crippen LogP) is 3.95. The Morgan fingerprint density at radius 2 is 1.71 bits per heavy atom. The van der Waals surface area contributed by atoms with Crippen LogP contribution in [0.25, 0.3) is 11.4 Å². The van der Waals surface area contributed by atoms with Crippen molar-refractivity contribution < 1.29 is 9.32 Å². The number of piperazine rings is 1. The molecule has 3 heterocycles. The summed E-state index contributed by atoms with van der Waals surface area (Å²) in [6, 6.07) is 4.46. The monoisotopic (exact) mass is 424 g/mol. The minimum atomic E-state index is 0.0880. The van der Waals surface area contributed by atoms with Gasteiger partial charge in [-0.3, -0.25) is 0 Å². The largest absolute Gasteiger partial charge is 0.353 e. The van der Waals surface area contributed by atoms with E-state index in [9.17, 15) is 4.79 Å². The minimum Gasteiger partial charge on any atom is -0.353 e. The maximum Gasteiger partial charge on any atom is 0.317 e. The molecule has 3 aliphatic rings. The lowest BCUT2D eigenvalue weighted by atomic mass is 9.96. The van der Waals surface area contributed by atoms with Gasteiger partial charge in [0.2, 0.25) is 11.7 Å². The fourth-order valence-corrected chi connectivity index (χ4v) is 5.05. The highest BCUT2D eigenvalue weighted by molar-refractivity contribution is 5.75. The van der Waals surface area contributed by atoms with Gasteiger partial charge in [-0.15, -0.1) is 0 Å². The Morgan fingerprint density at radius 1 is 0.968 bits per heavy atom. The van der Waals surface area contributed by atoms with E-state index in [-0.39, 0.29) is 6.03 Å². The predicted molar refractivity (Wildman–Crippen MR) is 118 cm³/mol. The van der Waals surface area contributed by atoms with Crippen molar-refractivity contribution in [2.45, 2.75) is 69.7 Å². The number of pyridine rings is 1. The number of aromatic nitrogens is 3. The van der Waals surface area contributed by atoms with E-state index in [0.29, 0.717) is 17.8 Å². The number of amides is 2. The first-order chi connectivity index (χ1) is 15.3. The van der Waals surface area contributed by atoms with Gasteiger partial charge in [-0.1, -0.05) is 37.3 Å². The van der Waals surface area contributed by atoms with Gasteiger partial charge >= 0.3 is 6.03 Å². The molecule has 2 aromatic rings. The highest BCUT2D eigenvalue weighted by atomic mass is 16.5. The van der Waals surface area contributed by atoms with Gasteiger partial charge in [0.05, 0.1) is 0 Å². The molecule has 0 spiro atoms. The van der Waals surface area contributed by atoms with E-state index in [1.807, 2.05) is 23.2 Å². The van der Waals surface area contributed by atoms with Crippen molar-refractivity contribution in [3.8, 4) is 11.4 Å². The van der Waals surface area contributed by atoms with Crippen molar-refractivity contribution in [3.05, 3.63) is 24.2 Å². The molecule has 8 heteroatoms. The lowest BCUT2D eigenvalue weighted by Crippen LogP contribution is -2.53. The highest BCUT2D eigenvalue weighted by Crippen LogP contribution is 2.34. The normalized spacial score (nSPS) is 20.9. The van der Waals surface area contributed by atoms with Crippen molar-refractivity contribution >= 4 is 11.8 Å². The number of hydrogen-bond donors (Lipinski definition) is 1. The van der Waals surface area contributed by atoms with Crippen LogP contribution >= 0.6 is 0 Å². The van der Waals surface area contributed by atoms with Crippen LogP contribution in [-0.4, -0.2) is 58.3 Å². The topological polar surface area (TPSA) is 87.4 Å². The molecule has 0 bridgehead atoms. The average Bonchev–Trinajstić information content (AvgIpc) is 3.52.